The zero-order valence-electron chi connectivity index (χ0n) is 40.9. The number of phenolic OH excluding ortho intramolecular Hbond substituents is 2. The van der Waals surface area contributed by atoms with Gasteiger partial charge in [-0.05, 0) is 60.0 Å². The number of amides is 1. The van der Waals surface area contributed by atoms with Crippen molar-refractivity contribution >= 4 is 46.1 Å². The van der Waals surface area contributed by atoms with Crippen LogP contribution in [0.4, 0.5) is 5.69 Å². The number of ether oxygens (including phenoxy) is 8. The van der Waals surface area contributed by atoms with Crippen LogP contribution < -0.4 is 14.8 Å². The van der Waals surface area contributed by atoms with E-state index in [2.05, 4.69) is 5.32 Å². The van der Waals surface area contributed by atoms with Crippen LogP contribution in [-0.2, 0) is 47.6 Å². The van der Waals surface area contributed by atoms with Crippen LogP contribution in [0.25, 0.3) is 10.8 Å². The van der Waals surface area contributed by atoms with E-state index < -0.39 is 126 Å². The number of rotatable bonds is 10. The van der Waals surface area contributed by atoms with Crippen molar-refractivity contribution in [1.29, 1.82) is 0 Å². The Labute approximate surface area is 405 Å². The number of aliphatic carboxylic acids is 2. The maximum absolute atomic E-state index is 14.6. The van der Waals surface area contributed by atoms with E-state index in [0.29, 0.717) is 0 Å². The lowest BCUT2D eigenvalue weighted by Crippen LogP contribution is -2.48. The standard InChI is InChI=1S/C50H65NO19/c1-22-12-11-13-29(27(6)68-48(62)49(8,9)19-34(52)53)16-23(2)40(56)25(4)41(57)24(3)31(69-36-18-33-45(28(7)67-36)65-21-64-33)14-15-66-50(10)46(60)39-37-32(63-20-35(54)55)17-30(51-47(22)61)43(59)38(37)42(58)26(5)44(39)70-50/h11-15,17,23-25,27-29,31,33,36,40-41,45,56-59H,16,18-21H2,1-10H3,(H,51,61)(H,52,53)(H,54,55)/b13-11+,15-14+,22-12-/t23-,24-,25-,27?,28-,29+,31+,33+,36+,40-,41-,45-,50+/m1/s1. The highest BCUT2D eigenvalue weighted by Crippen LogP contribution is 2.54. The van der Waals surface area contributed by atoms with Crippen LogP contribution in [0.5, 0.6) is 23.0 Å². The molecule has 384 valence electrons. The highest BCUT2D eigenvalue weighted by atomic mass is 16.7. The predicted molar refractivity (Wildman–Crippen MR) is 248 cm³/mol. The molecule has 70 heavy (non-hydrogen) atoms. The fourth-order valence-corrected chi connectivity index (χ4v) is 9.32. The third kappa shape index (κ3) is 11.2. The first-order valence-corrected chi connectivity index (χ1v) is 23.2. The van der Waals surface area contributed by atoms with E-state index in [9.17, 15) is 54.6 Å². The molecule has 5 aliphatic rings. The number of hydrogen-bond acceptors (Lipinski definition) is 17. The Bertz CT molecular complexity index is 2440. The van der Waals surface area contributed by atoms with Crippen molar-refractivity contribution in [3.63, 3.8) is 0 Å². The van der Waals surface area contributed by atoms with Gasteiger partial charge in [0.25, 0.3) is 11.7 Å². The Balaban J connectivity index is 1.46. The normalized spacial score (nSPS) is 33.0. The average Bonchev–Trinajstić information content (AvgIpc) is 3.87. The minimum Gasteiger partial charge on any atom is -0.507 e. The van der Waals surface area contributed by atoms with E-state index >= 15 is 0 Å². The number of carboxylic acids is 2. The number of carboxylic acid groups (broad SMARTS) is 2. The Kier molecular flexibility index (Phi) is 16.3. The van der Waals surface area contributed by atoms with Crippen LogP contribution >= 0.6 is 0 Å². The van der Waals surface area contributed by atoms with E-state index in [1.54, 1.807) is 33.8 Å². The second-order valence-electron chi connectivity index (χ2n) is 19.6. The molecule has 1 unspecified atom stereocenters. The van der Waals surface area contributed by atoms with E-state index in [1.807, 2.05) is 6.92 Å². The van der Waals surface area contributed by atoms with Gasteiger partial charge in [-0.25, -0.2) is 4.79 Å². The Morgan fingerprint density at radius 2 is 1.64 bits per heavy atom. The lowest BCUT2D eigenvalue weighted by molar-refractivity contribution is -0.245. The van der Waals surface area contributed by atoms with Crippen molar-refractivity contribution < 1.29 is 92.5 Å². The van der Waals surface area contributed by atoms with Gasteiger partial charge in [0.05, 0.1) is 65.3 Å². The molecule has 2 aromatic rings. The number of nitrogens with one attached hydrogen (secondary N) is 1. The smallest absolute Gasteiger partial charge is 0.341 e. The summed E-state index contributed by atoms with van der Waals surface area (Å²) in [6.07, 6.45) is 0.897. The maximum Gasteiger partial charge on any atom is 0.341 e. The predicted octanol–water partition coefficient (Wildman–Crippen LogP) is 5.63. The molecule has 1 amide bonds. The van der Waals surface area contributed by atoms with Gasteiger partial charge in [-0.1, -0.05) is 39.0 Å². The largest absolute Gasteiger partial charge is 0.507 e. The quantitative estimate of drug-likeness (QED) is 0.112. The molecule has 2 aromatic carbocycles. The van der Waals surface area contributed by atoms with E-state index in [4.69, 9.17) is 37.9 Å². The first kappa shape index (κ1) is 53.6. The third-order valence-electron chi connectivity index (χ3n) is 13.7. The average molecular weight is 984 g/mol. The zero-order valence-corrected chi connectivity index (χ0v) is 40.9. The lowest BCUT2D eigenvalue weighted by Gasteiger charge is -2.39. The van der Waals surface area contributed by atoms with Crippen molar-refractivity contribution in [3.05, 3.63) is 53.3 Å². The number of allylic oxidation sites excluding steroid dienone is 2. The number of benzene rings is 2. The number of anilines is 1. The molecule has 20 heteroatoms. The SMILES string of the molecule is C/C1=C/C=C/[C@H](C(C)OC(=O)C(C)(C)CC(=O)O)C[C@@H](C)[C@@H](O)[C@@H](C)[C@H](O)[C@H](C)[C@@H](O[C@H]2C[C@@H]3OCO[C@@H]3[C@@H](C)O2)/C=C/O[C@@]2(C)Oc3c(C)c(O)c4c(O)c(cc(OCC(=O)O)c4c3C2=O)NC1=O. The third-order valence-corrected chi connectivity index (χ3v) is 13.7. The molecule has 7 N–H and O–H groups in total. The van der Waals surface area contributed by atoms with Gasteiger partial charge in [0, 0.05) is 53.7 Å². The second-order valence-corrected chi connectivity index (χ2v) is 19.6. The second kappa shape index (κ2) is 21.3. The number of esters is 1. The summed E-state index contributed by atoms with van der Waals surface area (Å²) in [6, 6.07) is 1.11. The van der Waals surface area contributed by atoms with Crippen LogP contribution in [0.3, 0.4) is 0 Å². The number of ketones is 1. The van der Waals surface area contributed by atoms with Gasteiger partial charge in [0.1, 0.15) is 36.2 Å². The summed E-state index contributed by atoms with van der Waals surface area (Å²) in [5.74, 6) is -11.6. The summed E-state index contributed by atoms with van der Waals surface area (Å²) in [7, 11) is 0. The van der Waals surface area contributed by atoms with E-state index in [-0.39, 0.29) is 76.5 Å². The Morgan fingerprint density at radius 3 is 2.31 bits per heavy atom. The molecule has 5 aliphatic heterocycles. The van der Waals surface area contributed by atoms with Gasteiger partial charge in [0.15, 0.2) is 18.6 Å². The number of Topliss-reactive ketones (excluding diaryl/α,β-unsaturated/α-hetero) is 1. The lowest BCUT2D eigenvalue weighted by atomic mass is 9.79. The van der Waals surface area contributed by atoms with E-state index in [0.717, 1.165) is 12.3 Å². The van der Waals surface area contributed by atoms with Crippen molar-refractivity contribution in [2.75, 3.05) is 18.7 Å². The van der Waals surface area contributed by atoms with E-state index in [1.165, 1.54) is 52.8 Å². The summed E-state index contributed by atoms with van der Waals surface area (Å²) in [5.41, 5.74) is -1.85. The molecule has 5 heterocycles. The van der Waals surface area contributed by atoms with Crippen LogP contribution in [-0.4, -0.2) is 128 Å². The van der Waals surface area contributed by atoms with Gasteiger partial charge in [-0.3, -0.25) is 19.2 Å². The number of phenols is 2. The molecule has 5 bridgehead atoms. The molecule has 0 saturated carbocycles. The topological polar surface area (TPSA) is 293 Å². The van der Waals surface area contributed by atoms with Gasteiger partial charge >= 0.3 is 23.7 Å². The molecule has 0 radical (unpaired) electrons. The van der Waals surface area contributed by atoms with Crippen LogP contribution in [0, 0.1) is 36.0 Å². The van der Waals surface area contributed by atoms with Gasteiger partial charge < -0.3 is 73.9 Å². The number of hydrogen-bond donors (Lipinski definition) is 7. The van der Waals surface area contributed by atoms with Crippen LogP contribution in [0.1, 0.15) is 97.5 Å². The number of carbonyl (C=O) groups excluding carboxylic acids is 3. The van der Waals surface area contributed by atoms with Crippen LogP contribution in [0.15, 0.2) is 42.2 Å². The van der Waals surface area contributed by atoms with Crippen molar-refractivity contribution in [2.24, 2.45) is 29.1 Å². The fraction of sp³-hybridized carbons (Fsp3) is 0.580. The summed E-state index contributed by atoms with van der Waals surface area (Å²) < 4.78 is 47.9. The molecule has 7 rings (SSSR count). The van der Waals surface area contributed by atoms with Gasteiger partial charge in [-0.2, -0.15) is 0 Å². The minimum atomic E-state index is -2.14. The van der Waals surface area contributed by atoms with Crippen LogP contribution in [0.2, 0.25) is 0 Å². The molecule has 2 saturated heterocycles. The first-order chi connectivity index (χ1) is 32.8. The number of aromatic hydroxyl groups is 2. The van der Waals surface area contributed by atoms with Gasteiger partial charge in [-0.15, -0.1) is 0 Å². The fourth-order valence-electron chi connectivity index (χ4n) is 9.32. The molecular formula is C50H65NO19. The summed E-state index contributed by atoms with van der Waals surface area (Å²) in [5, 5.41) is 68.3. The summed E-state index contributed by atoms with van der Waals surface area (Å²) in [6.45, 7) is 14.8. The number of aliphatic hydroxyl groups is 2. The molecule has 0 aliphatic carbocycles. The molecular weight excluding hydrogens is 919 g/mol. The van der Waals surface area contributed by atoms with Crippen molar-refractivity contribution in [2.45, 2.75) is 143 Å². The molecule has 13 atom stereocenters. The monoisotopic (exact) mass is 983 g/mol. The Hall–Kier alpha value is -5.77. The maximum atomic E-state index is 14.6. The summed E-state index contributed by atoms with van der Waals surface area (Å²) >= 11 is 0. The minimum absolute atomic E-state index is 0.0125. The first-order valence-electron chi connectivity index (χ1n) is 23.2. The number of fused-ring (bicyclic) bond motifs is 15. The highest BCUT2D eigenvalue weighted by molar-refractivity contribution is 6.21. The van der Waals surface area contributed by atoms with Gasteiger partial charge in [0.2, 0.25) is 0 Å². The molecule has 0 aromatic heterocycles. The molecule has 0 spiro atoms. The number of carbonyl (C=O) groups is 5. The summed E-state index contributed by atoms with van der Waals surface area (Å²) in [4.78, 5) is 65.0. The molecule has 20 nitrogen and oxygen atoms in total. The number of aliphatic hydroxyl groups excluding tert-OH is 2. The highest BCUT2D eigenvalue weighted by Gasteiger charge is 2.50. The molecule has 2 fully saturated rings. The van der Waals surface area contributed by atoms with Crippen molar-refractivity contribution in [1.82, 2.24) is 0 Å². The van der Waals surface area contributed by atoms with Crippen molar-refractivity contribution in [3.8, 4) is 23.0 Å². The zero-order chi connectivity index (χ0) is 51.7. The Morgan fingerprint density at radius 1 is 0.943 bits per heavy atom.